The van der Waals surface area contributed by atoms with E-state index in [4.69, 9.17) is 0 Å². The van der Waals surface area contributed by atoms with E-state index in [9.17, 15) is 4.79 Å². The van der Waals surface area contributed by atoms with Crippen molar-refractivity contribution in [1.82, 2.24) is 15.5 Å². The van der Waals surface area contributed by atoms with Gasteiger partial charge in [0.15, 0.2) is 0 Å². The number of nitrogens with one attached hydrogen (secondary N) is 2. The summed E-state index contributed by atoms with van der Waals surface area (Å²) in [5, 5.41) is 15.5. The number of aromatic amines is 1. The SMILES string of the molecule is O=C(N[C@H](c1ccsc1)C1CC1)c1ccc2n[nH]c(I)c2c1. The van der Waals surface area contributed by atoms with Gasteiger partial charge in [0, 0.05) is 10.9 Å². The summed E-state index contributed by atoms with van der Waals surface area (Å²) < 4.78 is 0.957. The molecule has 1 aliphatic rings. The lowest BCUT2D eigenvalue weighted by Gasteiger charge is -2.17. The lowest BCUT2D eigenvalue weighted by molar-refractivity contribution is 0.0932. The highest BCUT2D eigenvalue weighted by atomic mass is 127. The third-order valence-electron chi connectivity index (χ3n) is 4.05. The Morgan fingerprint density at radius 1 is 1.41 bits per heavy atom. The van der Waals surface area contributed by atoms with E-state index in [1.165, 1.54) is 18.4 Å². The van der Waals surface area contributed by atoms with Crippen LogP contribution in [0.4, 0.5) is 0 Å². The number of thiophene rings is 1. The Morgan fingerprint density at radius 3 is 3.00 bits per heavy atom. The van der Waals surface area contributed by atoms with Gasteiger partial charge in [-0.25, -0.2) is 0 Å². The molecule has 0 spiro atoms. The van der Waals surface area contributed by atoms with E-state index in [1.54, 1.807) is 11.3 Å². The highest BCUT2D eigenvalue weighted by Gasteiger charge is 2.33. The fraction of sp³-hybridized carbons (Fsp3) is 0.250. The molecule has 1 saturated carbocycles. The van der Waals surface area contributed by atoms with Gasteiger partial charge in [0.1, 0.15) is 3.70 Å². The molecule has 0 radical (unpaired) electrons. The lowest BCUT2D eigenvalue weighted by atomic mass is 10.0. The number of fused-ring (bicyclic) bond motifs is 1. The van der Waals surface area contributed by atoms with Crippen molar-refractivity contribution >= 4 is 50.7 Å². The Labute approximate surface area is 145 Å². The average molecular weight is 423 g/mol. The topological polar surface area (TPSA) is 57.8 Å². The van der Waals surface area contributed by atoms with Crippen molar-refractivity contribution in [3.8, 4) is 0 Å². The van der Waals surface area contributed by atoms with Crippen molar-refractivity contribution in [3.63, 3.8) is 0 Å². The zero-order valence-electron chi connectivity index (χ0n) is 11.7. The first-order valence-electron chi connectivity index (χ1n) is 7.19. The van der Waals surface area contributed by atoms with E-state index < -0.39 is 0 Å². The van der Waals surface area contributed by atoms with Crippen LogP contribution in [0, 0.1) is 9.62 Å². The van der Waals surface area contributed by atoms with Crippen LogP contribution in [-0.2, 0) is 0 Å². The molecule has 0 saturated heterocycles. The van der Waals surface area contributed by atoms with Gasteiger partial charge in [0.25, 0.3) is 5.91 Å². The van der Waals surface area contributed by atoms with Crippen molar-refractivity contribution in [2.45, 2.75) is 18.9 Å². The minimum Gasteiger partial charge on any atom is -0.345 e. The summed E-state index contributed by atoms with van der Waals surface area (Å²) in [5.41, 5.74) is 2.80. The first-order chi connectivity index (χ1) is 10.7. The number of hydrogen-bond donors (Lipinski definition) is 2. The molecule has 4 rings (SSSR count). The number of hydrogen-bond acceptors (Lipinski definition) is 3. The smallest absolute Gasteiger partial charge is 0.251 e. The first-order valence-corrected chi connectivity index (χ1v) is 9.21. The van der Waals surface area contributed by atoms with Gasteiger partial charge in [-0.2, -0.15) is 16.4 Å². The van der Waals surface area contributed by atoms with E-state index in [0.717, 1.165) is 14.6 Å². The molecule has 2 aromatic heterocycles. The van der Waals surface area contributed by atoms with Crippen LogP contribution in [0.3, 0.4) is 0 Å². The molecular weight excluding hydrogens is 409 g/mol. The Hall–Kier alpha value is -1.41. The van der Waals surface area contributed by atoms with Crippen LogP contribution in [-0.4, -0.2) is 16.1 Å². The Balaban J connectivity index is 1.60. The zero-order chi connectivity index (χ0) is 15.1. The molecule has 2 N–H and O–H groups in total. The third kappa shape index (κ3) is 2.65. The molecule has 1 aliphatic carbocycles. The molecule has 2 heterocycles. The molecule has 0 unspecified atom stereocenters. The molecule has 1 atom stereocenters. The van der Waals surface area contributed by atoms with Crippen LogP contribution in [0.2, 0.25) is 0 Å². The van der Waals surface area contributed by atoms with Crippen molar-refractivity contribution in [2.24, 2.45) is 5.92 Å². The molecule has 4 nitrogen and oxygen atoms in total. The largest absolute Gasteiger partial charge is 0.345 e. The highest BCUT2D eigenvalue weighted by Crippen LogP contribution is 2.41. The minimum atomic E-state index is -0.0120. The maximum atomic E-state index is 12.6. The van der Waals surface area contributed by atoms with E-state index in [-0.39, 0.29) is 11.9 Å². The number of halogens is 1. The maximum Gasteiger partial charge on any atom is 0.251 e. The van der Waals surface area contributed by atoms with E-state index >= 15 is 0 Å². The number of carbonyl (C=O) groups excluding carboxylic acids is 1. The quantitative estimate of drug-likeness (QED) is 0.621. The molecule has 6 heteroatoms. The maximum absolute atomic E-state index is 12.6. The van der Waals surface area contributed by atoms with Crippen LogP contribution in [0.5, 0.6) is 0 Å². The second-order valence-electron chi connectivity index (χ2n) is 5.61. The van der Waals surface area contributed by atoms with Crippen molar-refractivity contribution in [1.29, 1.82) is 0 Å². The lowest BCUT2D eigenvalue weighted by Crippen LogP contribution is -2.29. The Morgan fingerprint density at radius 2 is 2.27 bits per heavy atom. The molecule has 112 valence electrons. The average Bonchev–Trinajstić information content (AvgIpc) is 3.09. The van der Waals surface area contributed by atoms with E-state index in [2.05, 4.69) is 54.9 Å². The van der Waals surface area contributed by atoms with Crippen molar-refractivity contribution < 1.29 is 4.79 Å². The molecule has 1 fully saturated rings. The second-order valence-corrected chi connectivity index (χ2v) is 7.47. The fourth-order valence-electron chi connectivity index (χ4n) is 2.70. The predicted molar refractivity (Wildman–Crippen MR) is 96.1 cm³/mol. The molecule has 3 aromatic rings. The summed E-state index contributed by atoms with van der Waals surface area (Å²) in [6, 6.07) is 7.88. The summed E-state index contributed by atoms with van der Waals surface area (Å²) in [4.78, 5) is 12.6. The van der Waals surface area contributed by atoms with Crippen LogP contribution in [0.1, 0.15) is 34.8 Å². The van der Waals surface area contributed by atoms with Crippen LogP contribution >= 0.6 is 33.9 Å². The van der Waals surface area contributed by atoms with Gasteiger partial charge in [-0.15, -0.1) is 0 Å². The van der Waals surface area contributed by atoms with E-state index in [0.29, 0.717) is 11.5 Å². The molecule has 22 heavy (non-hydrogen) atoms. The molecule has 0 aliphatic heterocycles. The molecule has 0 bridgehead atoms. The van der Waals surface area contributed by atoms with Gasteiger partial charge in [0.05, 0.1) is 11.6 Å². The van der Waals surface area contributed by atoms with Gasteiger partial charge < -0.3 is 5.32 Å². The van der Waals surface area contributed by atoms with Gasteiger partial charge in [-0.3, -0.25) is 9.89 Å². The van der Waals surface area contributed by atoms with Crippen molar-refractivity contribution in [3.05, 3.63) is 49.9 Å². The number of nitrogens with zero attached hydrogens (tertiary/aromatic N) is 1. The molecular formula is C16H14IN3OS. The van der Waals surface area contributed by atoms with Gasteiger partial charge in [0.2, 0.25) is 0 Å². The number of rotatable bonds is 4. The summed E-state index contributed by atoms with van der Waals surface area (Å²) in [7, 11) is 0. The normalized spacial score (nSPS) is 15.9. The molecule has 1 amide bonds. The predicted octanol–water partition coefficient (Wildman–Crippen LogP) is 4.11. The third-order valence-corrected chi connectivity index (χ3v) is 5.58. The van der Waals surface area contributed by atoms with Gasteiger partial charge in [-0.1, -0.05) is 0 Å². The number of benzene rings is 1. The van der Waals surface area contributed by atoms with E-state index in [1.807, 2.05) is 18.2 Å². The monoisotopic (exact) mass is 423 g/mol. The summed E-state index contributed by atoms with van der Waals surface area (Å²) in [5.74, 6) is 0.568. The minimum absolute atomic E-state index is 0.0120. The van der Waals surface area contributed by atoms with Gasteiger partial charge in [-0.05, 0) is 81.9 Å². The summed E-state index contributed by atoms with van der Waals surface area (Å²) >= 11 is 3.88. The summed E-state index contributed by atoms with van der Waals surface area (Å²) in [6.45, 7) is 0. The standard InChI is InChI=1S/C16H14IN3OS/c17-15-12-7-10(3-4-13(12)19-20-15)16(21)18-14(9-1-2-9)11-5-6-22-8-11/h3-9,14H,1-2H2,(H,18,21)(H,19,20)/t14-/m0/s1. The Kier molecular flexibility index (Phi) is 3.65. The molecule has 1 aromatic carbocycles. The highest BCUT2D eigenvalue weighted by molar-refractivity contribution is 14.1. The number of H-pyrrole nitrogens is 1. The number of aromatic nitrogens is 2. The second kappa shape index (κ2) is 5.66. The van der Waals surface area contributed by atoms with Crippen LogP contribution in [0.15, 0.2) is 35.0 Å². The Bertz CT molecular complexity index is 823. The number of amides is 1. The summed E-state index contributed by atoms with van der Waals surface area (Å²) in [6.07, 6.45) is 2.39. The van der Waals surface area contributed by atoms with Crippen molar-refractivity contribution in [2.75, 3.05) is 0 Å². The van der Waals surface area contributed by atoms with Crippen LogP contribution in [0.25, 0.3) is 10.9 Å². The fourth-order valence-corrected chi connectivity index (χ4v) is 3.95. The zero-order valence-corrected chi connectivity index (χ0v) is 14.6. The first kappa shape index (κ1) is 14.2. The number of carbonyl (C=O) groups is 1. The van der Waals surface area contributed by atoms with Crippen LogP contribution < -0.4 is 5.32 Å². The van der Waals surface area contributed by atoms with Gasteiger partial charge >= 0.3 is 0 Å².